The van der Waals surface area contributed by atoms with Crippen molar-refractivity contribution in [3.8, 4) is 17.2 Å². The van der Waals surface area contributed by atoms with Gasteiger partial charge in [-0.15, -0.1) is 0 Å². The molecule has 19 nitrogen and oxygen atoms in total. The molecule has 1 fully saturated rings. The molecule has 0 amide bonds. The number of carbonyl (C=O) groups is 1. The highest BCUT2D eigenvalue weighted by Gasteiger charge is 2.53. The minimum Gasteiger partial charge on any atom is -0.618 e. The van der Waals surface area contributed by atoms with Crippen LogP contribution in [0.2, 0.25) is 0 Å². The number of ether oxygens (including phenoxy) is 9. The van der Waals surface area contributed by atoms with Gasteiger partial charge in [-0.3, -0.25) is 23.4 Å². The lowest BCUT2D eigenvalue weighted by Crippen LogP contribution is -2.47. The number of hydrogen-bond donors (Lipinski definition) is 2. The fraction of sp³-hybridized carbons (Fsp3) is 0.277. The summed E-state index contributed by atoms with van der Waals surface area (Å²) in [5.41, 5.74) is -0.899. The Morgan fingerprint density at radius 3 is 2.01 bits per heavy atom. The smallest absolute Gasteiger partial charge is 0.354 e. The van der Waals surface area contributed by atoms with E-state index in [0.717, 1.165) is 10.6 Å². The fourth-order valence-corrected chi connectivity index (χ4v) is 8.14. The van der Waals surface area contributed by atoms with Gasteiger partial charge in [-0.2, -0.15) is 4.73 Å². The highest BCUT2D eigenvalue weighted by atomic mass is 31.2. The van der Waals surface area contributed by atoms with Gasteiger partial charge in [0.1, 0.15) is 54.1 Å². The molecule has 67 heavy (non-hydrogen) atoms. The van der Waals surface area contributed by atoms with Crippen molar-refractivity contribution in [3.63, 3.8) is 0 Å². The van der Waals surface area contributed by atoms with E-state index in [1.165, 1.54) is 31.6 Å². The molecule has 1 unspecified atom stereocenters. The molecule has 6 aromatic rings. The number of nitrogens with zero attached hydrogens (tertiary/aromatic N) is 2. The van der Waals surface area contributed by atoms with Crippen LogP contribution in [0, 0.1) is 5.21 Å². The molecular weight excluding hydrogens is 893 g/mol. The lowest BCUT2D eigenvalue weighted by molar-refractivity contribution is -0.616. The zero-order valence-electron chi connectivity index (χ0n) is 36.5. The maximum Gasteiger partial charge on any atom is 0.354 e. The van der Waals surface area contributed by atoms with Crippen LogP contribution >= 0.6 is 7.60 Å². The number of H-pyrrole nitrogens is 1. The summed E-state index contributed by atoms with van der Waals surface area (Å²) in [6.07, 6.45) is -3.61. The molecule has 4 aromatic carbocycles. The van der Waals surface area contributed by atoms with Gasteiger partial charge in [-0.05, 0) is 53.1 Å². The molecule has 1 aliphatic rings. The number of pyridine rings is 1. The number of methoxy groups -OCH3 is 3. The van der Waals surface area contributed by atoms with Gasteiger partial charge in [0.2, 0.25) is 5.69 Å². The summed E-state index contributed by atoms with van der Waals surface area (Å²) in [6.45, 7) is -2.08. The Morgan fingerprint density at radius 1 is 0.791 bits per heavy atom. The molecule has 0 bridgehead atoms. The predicted molar refractivity (Wildman–Crippen MR) is 237 cm³/mol. The van der Waals surface area contributed by atoms with Crippen LogP contribution < -0.4 is 30.2 Å². The van der Waals surface area contributed by atoms with E-state index < -0.39 is 88.1 Å². The van der Waals surface area contributed by atoms with Crippen LogP contribution in [0.15, 0.2) is 149 Å². The van der Waals surface area contributed by atoms with Gasteiger partial charge in [-0.1, -0.05) is 72.8 Å². The average Bonchev–Trinajstić information content (AvgIpc) is 3.68. The molecule has 1 aliphatic heterocycles. The summed E-state index contributed by atoms with van der Waals surface area (Å²) in [7, 11) is -0.0673. The summed E-state index contributed by atoms with van der Waals surface area (Å²) in [6, 6.07) is 35.9. The van der Waals surface area contributed by atoms with Gasteiger partial charge in [0.15, 0.2) is 26.0 Å². The van der Waals surface area contributed by atoms with Gasteiger partial charge in [-0.25, -0.2) is 9.59 Å². The van der Waals surface area contributed by atoms with Crippen molar-refractivity contribution in [2.45, 2.75) is 36.7 Å². The van der Waals surface area contributed by atoms with Crippen molar-refractivity contribution in [2.75, 3.05) is 47.9 Å². The molecule has 7 rings (SSSR count). The molecule has 5 atom stereocenters. The third-order valence-electron chi connectivity index (χ3n) is 10.7. The first kappa shape index (κ1) is 48.3. The minimum absolute atomic E-state index is 0.00163. The summed E-state index contributed by atoms with van der Waals surface area (Å²) in [5.74, 6) is 0.814. The zero-order valence-corrected chi connectivity index (χ0v) is 37.4. The first-order valence-electron chi connectivity index (χ1n) is 20.7. The van der Waals surface area contributed by atoms with Crippen LogP contribution in [-0.4, -0.2) is 86.6 Å². The Hall–Kier alpha value is -6.67. The van der Waals surface area contributed by atoms with E-state index in [4.69, 9.17) is 47.2 Å². The van der Waals surface area contributed by atoms with Crippen molar-refractivity contribution >= 4 is 13.6 Å². The van der Waals surface area contributed by atoms with Crippen LogP contribution in [0.4, 0.5) is 0 Å². The van der Waals surface area contributed by atoms with Gasteiger partial charge in [0.05, 0.1) is 39.6 Å². The largest absolute Gasteiger partial charge is 0.618 e. The summed E-state index contributed by atoms with van der Waals surface area (Å²) < 4.78 is 73.7. The monoisotopic (exact) mass is 941 g/mol. The molecular formula is C47H48N3O16P. The van der Waals surface area contributed by atoms with Gasteiger partial charge < -0.3 is 52.7 Å². The number of aromatic amines is 1. The van der Waals surface area contributed by atoms with Crippen LogP contribution in [0.3, 0.4) is 0 Å². The molecule has 352 valence electrons. The van der Waals surface area contributed by atoms with E-state index in [2.05, 4.69) is 4.98 Å². The standard InChI is InChI=1S/C47H48N3O16P/c1-57-37-18-14-34(15-19-37)47(33-12-8-5-9-13-33,35-16-20-38(58-2)21-17-35)66-42-40(28-60-31-67(55,56)64-27-36-26-39(59-3)22-25-50(36)54)65-44(49-24-23-41(51)48-46(49)53)43(42)62-29-61-30-63-45(52)32-10-6-4-7-11-32/h4-26,40,42-44H,27-31H2,1-3H3,(H,55,56)(H,48,51,53)/t40-,42-,43-,44-/m1/s1. The van der Waals surface area contributed by atoms with E-state index in [0.29, 0.717) is 44.2 Å². The van der Waals surface area contributed by atoms with E-state index in [1.54, 1.807) is 68.8 Å². The first-order chi connectivity index (χ1) is 32.4. The molecule has 2 N–H and O–H groups in total. The Bertz CT molecular complexity index is 2670. The summed E-state index contributed by atoms with van der Waals surface area (Å²) >= 11 is 0. The summed E-state index contributed by atoms with van der Waals surface area (Å²) in [5, 5.41) is 12.4. The quantitative estimate of drug-likeness (QED) is 0.0173. The van der Waals surface area contributed by atoms with Crippen molar-refractivity contribution in [2.24, 2.45) is 0 Å². The normalized spacial score (nSPS) is 17.9. The zero-order chi connectivity index (χ0) is 47.4. The van der Waals surface area contributed by atoms with E-state index in [1.807, 2.05) is 54.6 Å². The molecule has 20 heteroatoms. The average molecular weight is 942 g/mol. The molecule has 3 heterocycles. The second-order valence-corrected chi connectivity index (χ2v) is 16.6. The second kappa shape index (κ2) is 22.2. The number of carbonyl (C=O) groups excluding carboxylic acids is 1. The van der Waals surface area contributed by atoms with E-state index in [9.17, 15) is 29.0 Å². The molecule has 0 spiro atoms. The Morgan fingerprint density at radius 2 is 1.40 bits per heavy atom. The second-order valence-electron chi connectivity index (χ2n) is 14.8. The predicted octanol–water partition coefficient (Wildman–Crippen LogP) is 5.02. The fourth-order valence-electron chi connectivity index (χ4n) is 7.39. The molecule has 1 saturated heterocycles. The number of hydrogen-bond acceptors (Lipinski definition) is 15. The Balaban J connectivity index is 1.27. The molecule has 0 radical (unpaired) electrons. The maximum atomic E-state index is 13.5. The number of rotatable bonds is 22. The summed E-state index contributed by atoms with van der Waals surface area (Å²) in [4.78, 5) is 51.6. The molecule has 0 saturated carbocycles. The van der Waals surface area contributed by atoms with Crippen LogP contribution in [-0.2, 0) is 49.7 Å². The SMILES string of the molecule is COc1ccc(C(O[C@H]2[C@@H](OCOCOC(=O)c3ccccc3)[C@H](n3ccc(=O)[nH]c3=O)O[C@@H]2COCP(=O)(O)OCc2cc(OC)cc[n+]2[O-])(c2ccccc2)c2ccc(OC)cc2)cc1. The molecule has 0 aliphatic carbocycles. The Kier molecular flexibility index (Phi) is 16.0. The lowest BCUT2D eigenvalue weighted by atomic mass is 9.79. The Labute approximate surface area is 384 Å². The maximum absolute atomic E-state index is 13.5. The van der Waals surface area contributed by atoms with Crippen molar-refractivity contribution in [3.05, 3.63) is 194 Å². The number of aromatic nitrogens is 3. The van der Waals surface area contributed by atoms with Crippen molar-refractivity contribution in [1.82, 2.24) is 9.55 Å². The topological polar surface area (TPSA) is 228 Å². The van der Waals surface area contributed by atoms with Gasteiger partial charge in [0.25, 0.3) is 5.56 Å². The third kappa shape index (κ3) is 11.7. The van der Waals surface area contributed by atoms with Gasteiger partial charge >= 0.3 is 19.3 Å². The number of benzene rings is 4. The highest BCUT2D eigenvalue weighted by Crippen LogP contribution is 2.47. The number of esters is 1. The van der Waals surface area contributed by atoms with Crippen LogP contribution in [0.5, 0.6) is 17.2 Å². The van der Waals surface area contributed by atoms with Crippen LogP contribution in [0.25, 0.3) is 0 Å². The van der Waals surface area contributed by atoms with E-state index >= 15 is 0 Å². The first-order valence-corrected chi connectivity index (χ1v) is 22.4. The van der Waals surface area contributed by atoms with Crippen LogP contribution in [0.1, 0.15) is 39.0 Å². The minimum atomic E-state index is -4.56. The third-order valence-corrected chi connectivity index (χ3v) is 11.7. The van der Waals surface area contributed by atoms with Crippen molar-refractivity contribution in [1.29, 1.82) is 0 Å². The number of nitrogens with one attached hydrogen (secondary N) is 1. The molecule has 2 aromatic heterocycles. The highest BCUT2D eigenvalue weighted by molar-refractivity contribution is 7.52. The lowest BCUT2D eigenvalue weighted by Gasteiger charge is -2.40. The van der Waals surface area contributed by atoms with Crippen molar-refractivity contribution < 1.29 is 66.1 Å². The van der Waals surface area contributed by atoms with Gasteiger partial charge in [0, 0.05) is 18.3 Å². The van der Waals surface area contributed by atoms with E-state index in [-0.39, 0.29) is 5.69 Å².